The first-order valence-corrected chi connectivity index (χ1v) is 12.8. The molecule has 1 N–H and O–H groups in total. The van der Waals surface area contributed by atoms with Gasteiger partial charge in [0.2, 0.25) is 0 Å². The van der Waals surface area contributed by atoms with E-state index in [4.69, 9.17) is 4.74 Å². The summed E-state index contributed by atoms with van der Waals surface area (Å²) in [4.78, 5) is 40.9. The molecule has 0 aromatic heterocycles. The van der Waals surface area contributed by atoms with E-state index in [9.17, 15) is 14.4 Å². The maximum Gasteiger partial charge on any atom is 0.411 e. The normalized spacial score (nSPS) is 16.2. The number of aldehydes is 1. The highest BCUT2D eigenvalue weighted by atomic mass is 16.6. The van der Waals surface area contributed by atoms with Gasteiger partial charge in [-0.05, 0) is 42.5 Å². The monoisotopic (exact) mass is 497 g/mol. The van der Waals surface area contributed by atoms with Crippen LogP contribution in [0.1, 0.15) is 39.1 Å². The number of hydrogen-bond donors (Lipinski definition) is 1. The average Bonchev–Trinajstić information content (AvgIpc) is 2.94. The molecule has 0 aliphatic carbocycles. The first-order valence-electron chi connectivity index (χ1n) is 12.8. The van der Waals surface area contributed by atoms with Gasteiger partial charge in [-0.1, -0.05) is 60.7 Å². The number of amides is 2. The second-order valence-corrected chi connectivity index (χ2v) is 9.56. The molecule has 1 saturated heterocycles. The van der Waals surface area contributed by atoms with Crippen LogP contribution in [0.15, 0.2) is 72.8 Å². The second-order valence-electron chi connectivity index (χ2n) is 9.56. The van der Waals surface area contributed by atoms with Crippen molar-refractivity contribution in [2.45, 2.75) is 25.4 Å². The Bertz CT molecular complexity index is 1270. The van der Waals surface area contributed by atoms with Crippen LogP contribution in [-0.2, 0) is 11.2 Å². The molecule has 1 fully saturated rings. The van der Waals surface area contributed by atoms with Crippen LogP contribution in [-0.4, -0.2) is 66.9 Å². The molecule has 5 rings (SSSR count). The van der Waals surface area contributed by atoms with Gasteiger partial charge >= 0.3 is 6.09 Å². The smallest absolute Gasteiger partial charge is 0.411 e. The lowest BCUT2D eigenvalue weighted by atomic mass is 9.97. The van der Waals surface area contributed by atoms with E-state index in [1.165, 1.54) is 0 Å². The quantitative estimate of drug-likeness (QED) is 0.471. The SMILES string of the molecule is O=Cc1ccc2c(c1)C(=O)N(CCN1CCC(OC(=O)Nc3ccccc3-c3ccccc3)CC1)CC2. The number of anilines is 1. The minimum Gasteiger partial charge on any atom is -0.446 e. The van der Waals surface area contributed by atoms with Crippen LogP contribution in [0.2, 0.25) is 0 Å². The van der Waals surface area contributed by atoms with Crippen molar-refractivity contribution in [3.05, 3.63) is 89.5 Å². The van der Waals surface area contributed by atoms with E-state index < -0.39 is 6.09 Å². The number of rotatable bonds is 7. The summed E-state index contributed by atoms with van der Waals surface area (Å²) in [6.45, 7) is 3.74. The zero-order chi connectivity index (χ0) is 25.6. The fourth-order valence-corrected chi connectivity index (χ4v) is 5.09. The third-order valence-corrected chi connectivity index (χ3v) is 7.18. The van der Waals surface area contributed by atoms with Gasteiger partial charge in [-0.15, -0.1) is 0 Å². The fraction of sp³-hybridized carbons (Fsp3) is 0.300. The van der Waals surface area contributed by atoms with Crippen molar-refractivity contribution < 1.29 is 19.1 Å². The highest BCUT2D eigenvalue weighted by Crippen LogP contribution is 2.28. The largest absolute Gasteiger partial charge is 0.446 e. The summed E-state index contributed by atoms with van der Waals surface area (Å²) in [6.07, 6.45) is 2.53. The van der Waals surface area contributed by atoms with Gasteiger partial charge in [0, 0.05) is 49.4 Å². The maximum atomic E-state index is 12.9. The predicted molar refractivity (Wildman–Crippen MR) is 143 cm³/mol. The molecule has 3 aromatic rings. The first kappa shape index (κ1) is 24.7. The van der Waals surface area contributed by atoms with Crippen molar-refractivity contribution in [3.8, 4) is 11.1 Å². The highest BCUT2D eigenvalue weighted by molar-refractivity contribution is 5.98. The number of hydrogen-bond acceptors (Lipinski definition) is 5. The zero-order valence-corrected chi connectivity index (χ0v) is 20.8. The molecule has 7 nitrogen and oxygen atoms in total. The molecule has 0 saturated carbocycles. The molecule has 0 spiro atoms. The minimum absolute atomic E-state index is 0.00405. The van der Waals surface area contributed by atoms with Crippen molar-refractivity contribution in [2.24, 2.45) is 0 Å². The summed E-state index contributed by atoms with van der Waals surface area (Å²) in [6, 6.07) is 23.0. The van der Waals surface area contributed by atoms with Gasteiger partial charge in [0.1, 0.15) is 12.4 Å². The zero-order valence-electron chi connectivity index (χ0n) is 20.8. The molecule has 0 unspecified atom stereocenters. The van der Waals surface area contributed by atoms with Gasteiger partial charge in [-0.25, -0.2) is 4.79 Å². The van der Waals surface area contributed by atoms with Gasteiger partial charge in [-0.3, -0.25) is 14.9 Å². The average molecular weight is 498 g/mol. The summed E-state index contributed by atoms with van der Waals surface area (Å²) in [5.74, 6) is -0.00405. The van der Waals surface area contributed by atoms with E-state index in [0.717, 1.165) is 67.6 Å². The topological polar surface area (TPSA) is 79.0 Å². The number of benzene rings is 3. The van der Waals surface area contributed by atoms with Crippen LogP contribution in [0.3, 0.4) is 0 Å². The summed E-state index contributed by atoms with van der Waals surface area (Å²) in [7, 11) is 0. The Kier molecular flexibility index (Phi) is 7.61. The van der Waals surface area contributed by atoms with Gasteiger partial charge in [0.05, 0.1) is 5.69 Å². The Hall–Kier alpha value is -3.97. The molecular weight excluding hydrogens is 466 g/mol. The van der Waals surface area contributed by atoms with Crippen molar-refractivity contribution in [1.29, 1.82) is 0 Å². The van der Waals surface area contributed by atoms with E-state index in [0.29, 0.717) is 24.2 Å². The first-order chi connectivity index (χ1) is 18.1. The number of carbonyl (C=O) groups is 3. The van der Waals surface area contributed by atoms with E-state index >= 15 is 0 Å². The molecule has 2 aliphatic heterocycles. The minimum atomic E-state index is -0.436. The predicted octanol–water partition coefficient (Wildman–Crippen LogP) is 4.88. The Morgan fingerprint density at radius 1 is 0.919 bits per heavy atom. The van der Waals surface area contributed by atoms with E-state index in [1.807, 2.05) is 65.6 Å². The van der Waals surface area contributed by atoms with Crippen LogP contribution >= 0.6 is 0 Å². The molecule has 190 valence electrons. The summed E-state index contributed by atoms with van der Waals surface area (Å²) < 4.78 is 5.74. The summed E-state index contributed by atoms with van der Waals surface area (Å²) in [5, 5.41) is 2.92. The number of nitrogens with one attached hydrogen (secondary N) is 1. The third kappa shape index (κ3) is 5.89. The molecular formula is C30H31N3O4. The van der Waals surface area contributed by atoms with Crippen LogP contribution in [0.4, 0.5) is 10.5 Å². The number of nitrogens with zero attached hydrogens (tertiary/aromatic N) is 2. The molecule has 0 radical (unpaired) electrons. The number of fused-ring (bicyclic) bond motifs is 1. The summed E-state index contributed by atoms with van der Waals surface area (Å²) >= 11 is 0. The molecule has 7 heteroatoms. The molecule has 2 amide bonds. The number of ether oxygens (including phenoxy) is 1. The van der Waals surface area contributed by atoms with Crippen LogP contribution < -0.4 is 5.32 Å². The molecule has 3 aromatic carbocycles. The third-order valence-electron chi connectivity index (χ3n) is 7.18. The number of carbonyl (C=O) groups excluding carboxylic acids is 3. The molecule has 2 heterocycles. The van der Waals surface area contributed by atoms with Crippen LogP contribution in [0, 0.1) is 0 Å². The molecule has 37 heavy (non-hydrogen) atoms. The van der Waals surface area contributed by atoms with Crippen molar-refractivity contribution in [2.75, 3.05) is 38.0 Å². The van der Waals surface area contributed by atoms with Gasteiger partial charge in [-0.2, -0.15) is 0 Å². The van der Waals surface area contributed by atoms with Crippen molar-refractivity contribution in [1.82, 2.24) is 9.80 Å². The van der Waals surface area contributed by atoms with E-state index in [2.05, 4.69) is 10.2 Å². The number of piperidine rings is 1. The Morgan fingerprint density at radius 2 is 1.68 bits per heavy atom. The van der Waals surface area contributed by atoms with E-state index in [-0.39, 0.29) is 12.0 Å². The highest BCUT2D eigenvalue weighted by Gasteiger charge is 2.27. The van der Waals surface area contributed by atoms with Crippen molar-refractivity contribution in [3.63, 3.8) is 0 Å². The lowest BCUT2D eigenvalue weighted by Gasteiger charge is -2.34. The lowest BCUT2D eigenvalue weighted by Crippen LogP contribution is -2.45. The van der Waals surface area contributed by atoms with Gasteiger partial charge < -0.3 is 14.5 Å². The van der Waals surface area contributed by atoms with Gasteiger partial charge in [0.25, 0.3) is 5.91 Å². The Labute approximate surface area is 217 Å². The summed E-state index contributed by atoms with van der Waals surface area (Å²) in [5.41, 5.74) is 4.89. The second kappa shape index (κ2) is 11.4. The van der Waals surface area contributed by atoms with Crippen LogP contribution in [0.5, 0.6) is 0 Å². The Morgan fingerprint density at radius 3 is 2.46 bits per heavy atom. The maximum absolute atomic E-state index is 12.9. The molecule has 0 atom stereocenters. The van der Waals surface area contributed by atoms with Crippen molar-refractivity contribution >= 4 is 24.0 Å². The number of likely N-dealkylation sites (tertiary alicyclic amines) is 1. The van der Waals surface area contributed by atoms with Crippen LogP contribution in [0.25, 0.3) is 11.1 Å². The van der Waals surface area contributed by atoms with E-state index in [1.54, 1.807) is 12.1 Å². The fourth-order valence-electron chi connectivity index (χ4n) is 5.09. The van der Waals surface area contributed by atoms with Gasteiger partial charge in [0.15, 0.2) is 0 Å². The lowest BCUT2D eigenvalue weighted by molar-refractivity contribution is 0.0517. The Balaban J connectivity index is 1.09. The standard InChI is InChI=1S/C30H31N3O4/c34-21-22-10-11-24-12-17-33(29(35)27(24)20-22)19-18-32-15-13-25(14-16-32)37-30(36)31-28-9-5-4-8-26(28)23-6-2-1-3-7-23/h1-11,20-21,25H,12-19H2,(H,31,36). The molecule has 2 aliphatic rings. The molecule has 0 bridgehead atoms. The number of para-hydroxylation sites is 1.